The van der Waals surface area contributed by atoms with Crippen LogP contribution >= 0.6 is 0 Å². The summed E-state index contributed by atoms with van der Waals surface area (Å²) in [7, 11) is -2.57. The summed E-state index contributed by atoms with van der Waals surface area (Å²) in [6.07, 6.45) is 3.42. The molecule has 9 heteroatoms. The lowest BCUT2D eigenvalue weighted by Crippen LogP contribution is -2.33. The van der Waals surface area contributed by atoms with Crippen LogP contribution in [0.3, 0.4) is 0 Å². The van der Waals surface area contributed by atoms with Crippen LogP contribution in [0.4, 0.5) is 14.5 Å². The molecule has 0 atom stereocenters. The molecule has 0 aromatic heterocycles. The van der Waals surface area contributed by atoms with Crippen LogP contribution in [0.15, 0.2) is 41.3 Å². The van der Waals surface area contributed by atoms with Gasteiger partial charge in [-0.3, -0.25) is 4.79 Å². The molecule has 0 saturated heterocycles. The number of ether oxygens (including phenoxy) is 1. The third-order valence-electron chi connectivity index (χ3n) is 4.51. The van der Waals surface area contributed by atoms with E-state index < -0.39 is 27.6 Å². The molecule has 2 N–H and O–H groups in total. The standard InChI is InChI=1S/C19H20F2N2O4S/c1-27-17-7-6-12(19(24)22-16-10-13(20)9-14(21)11-16)8-18(17)28(25,26)23-15-4-2-3-5-15/h6-11,15,23H,2-5H2,1H3,(H,22,24). The van der Waals surface area contributed by atoms with Gasteiger partial charge in [-0.15, -0.1) is 0 Å². The molecule has 1 fully saturated rings. The van der Waals surface area contributed by atoms with Gasteiger partial charge >= 0.3 is 0 Å². The molecule has 1 saturated carbocycles. The fraction of sp³-hybridized carbons (Fsp3) is 0.316. The molecule has 2 aromatic carbocycles. The predicted molar refractivity (Wildman–Crippen MR) is 99.9 cm³/mol. The quantitative estimate of drug-likeness (QED) is 0.764. The Morgan fingerprint density at radius 3 is 2.32 bits per heavy atom. The summed E-state index contributed by atoms with van der Waals surface area (Å²) < 4.78 is 59.9. The van der Waals surface area contributed by atoms with Gasteiger partial charge in [-0.2, -0.15) is 0 Å². The van der Waals surface area contributed by atoms with E-state index in [1.54, 1.807) is 0 Å². The van der Waals surface area contributed by atoms with E-state index in [0.29, 0.717) is 6.07 Å². The molecule has 0 spiro atoms. The van der Waals surface area contributed by atoms with Crippen molar-refractivity contribution in [2.24, 2.45) is 0 Å². The van der Waals surface area contributed by atoms with Crippen molar-refractivity contribution in [3.63, 3.8) is 0 Å². The van der Waals surface area contributed by atoms with E-state index in [2.05, 4.69) is 10.0 Å². The van der Waals surface area contributed by atoms with Crippen LogP contribution in [0, 0.1) is 11.6 Å². The lowest BCUT2D eigenvalue weighted by molar-refractivity contribution is 0.102. The minimum absolute atomic E-state index is 0.0114. The van der Waals surface area contributed by atoms with Crippen LogP contribution in [0.2, 0.25) is 0 Å². The van der Waals surface area contributed by atoms with E-state index in [1.807, 2.05) is 0 Å². The minimum Gasteiger partial charge on any atom is -0.495 e. The van der Waals surface area contributed by atoms with E-state index in [9.17, 15) is 22.0 Å². The zero-order valence-electron chi connectivity index (χ0n) is 15.2. The fourth-order valence-corrected chi connectivity index (χ4v) is 4.68. The van der Waals surface area contributed by atoms with Crippen molar-refractivity contribution >= 4 is 21.6 Å². The maximum atomic E-state index is 13.3. The van der Waals surface area contributed by atoms with E-state index >= 15 is 0 Å². The highest BCUT2D eigenvalue weighted by molar-refractivity contribution is 7.89. The van der Waals surface area contributed by atoms with Crippen LogP contribution in [-0.2, 0) is 10.0 Å². The number of hydrogen-bond donors (Lipinski definition) is 2. The number of amides is 1. The minimum atomic E-state index is -3.90. The second-order valence-corrected chi connectivity index (χ2v) is 8.26. The number of hydrogen-bond acceptors (Lipinski definition) is 4. The third-order valence-corrected chi connectivity index (χ3v) is 6.05. The Kier molecular flexibility index (Phi) is 5.95. The number of halogens is 2. The Morgan fingerprint density at radius 2 is 1.71 bits per heavy atom. The predicted octanol–water partition coefficient (Wildman–Crippen LogP) is 3.45. The number of benzene rings is 2. The van der Waals surface area contributed by atoms with Crippen molar-refractivity contribution in [2.45, 2.75) is 36.6 Å². The Hall–Kier alpha value is -2.52. The summed E-state index contributed by atoms with van der Waals surface area (Å²) in [5.41, 5.74) is -0.0657. The second-order valence-electron chi connectivity index (χ2n) is 6.58. The summed E-state index contributed by atoms with van der Waals surface area (Å²) in [5.74, 6) is -2.29. The fourth-order valence-electron chi connectivity index (χ4n) is 3.18. The van der Waals surface area contributed by atoms with Gasteiger partial charge in [0.05, 0.1) is 7.11 Å². The first-order valence-electron chi connectivity index (χ1n) is 8.76. The first-order valence-corrected chi connectivity index (χ1v) is 10.2. The van der Waals surface area contributed by atoms with Crippen molar-refractivity contribution in [2.75, 3.05) is 12.4 Å². The lowest BCUT2D eigenvalue weighted by Gasteiger charge is -2.16. The molecule has 1 amide bonds. The Morgan fingerprint density at radius 1 is 1.07 bits per heavy atom. The van der Waals surface area contributed by atoms with Crippen LogP contribution in [0.25, 0.3) is 0 Å². The maximum absolute atomic E-state index is 13.3. The summed E-state index contributed by atoms with van der Waals surface area (Å²) in [6, 6.07) is 6.38. The number of carbonyl (C=O) groups is 1. The summed E-state index contributed by atoms with van der Waals surface area (Å²) in [4.78, 5) is 12.3. The largest absolute Gasteiger partial charge is 0.495 e. The van der Waals surface area contributed by atoms with Crippen molar-refractivity contribution in [3.8, 4) is 5.75 Å². The molecule has 0 bridgehead atoms. The van der Waals surface area contributed by atoms with E-state index in [4.69, 9.17) is 4.74 Å². The molecular formula is C19H20F2N2O4S. The molecule has 1 aliphatic rings. The maximum Gasteiger partial charge on any atom is 0.255 e. The van der Waals surface area contributed by atoms with Crippen LogP contribution in [-0.4, -0.2) is 27.5 Å². The highest BCUT2D eigenvalue weighted by Gasteiger charge is 2.26. The van der Waals surface area contributed by atoms with Crippen molar-refractivity contribution in [1.29, 1.82) is 0 Å². The molecule has 0 aliphatic heterocycles. The number of carbonyl (C=O) groups excluding carboxylic acids is 1. The van der Waals surface area contributed by atoms with Gasteiger partial charge in [-0.25, -0.2) is 21.9 Å². The summed E-state index contributed by atoms with van der Waals surface area (Å²) in [5, 5.41) is 2.35. The van der Waals surface area contributed by atoms with Crippen molar-refractivity contribution in [3.05, 3.63) is 53.6 Å². The average Bonchev–Trinajstić information content (AvgIpc) is 3.12. The van der Waals surface area contributed by atoms with Gasteiger partial charge in [0.2, 0.25) is 10.0 Å². The molecule has 0 heterocycles. The van der Waals surface area contributed by atoms with Gasteiger partial charge in [-0.05, 0) is 43.2 Å². The number of sulfonamides is 1. The van der Waals surface area contributed by atoms with Crippen molar-refractivity contribution in [1.82, 2.24) is 4.72 Å². The number of rotatable bonds is 6. The Balaban J connectivity index is 1.88. The van der Waals surface area contributed by atoms with Gasteiger partial charge in [0.1, 0.15) is 22.3 Å². The van der Waals surface area contributed by atoms with Gasteiger partial charge < -0.3 is 10.1 Å². The van der Waals surface area contributed by atoms with Gasteiger partial charge in [0.15, 0.2) is 0 Å². The molecule has 6 nitrogen and oxygen atoms in total. The molecule has 3 rings (SSSR count). The topological polar surface area (TPSA) is 84.5 Å². The van der Waals surface area contributed by atoms with Gasteiger partial charge in [0.25, 0.3) is 5.91 Å². The monoisotopic (exact) mass is 410 g/mol. The zero-order chi connectivity index (χ0) is 20.3. The second kappa shape index (κ2) is 8.24. The molecule has 1 aliphatic carbocycles. The zero-order valence-corrected chi connectivity index (χ0v) is 16.0. The number of nitrogens with one attached hydrogen (secondary N) is 2. The first kappa shape index (κ1) is 20.2. The number of anilines is 1. The highest BCUT2D eigenvalue weighted by Crippen LogP contribution is 2.27. The lowest BCUT2D eigenvalue weighted by atomic mass is 10.2. The van der Waals surface area contributed by atoms with Crippen LogP contribution in [0.1, 0.15) is 36.0 Å². The average molecular weight is 410 g/mol. The third kappa shape index (κ3) is 4.66. The van der Waals surface area contributed by atoms with Gasteiger partial charge in [0, 0.05) is 23.4 Å². The van der Waals surface area contributed by atoms with E-state index in [0.717, 1.165) is 37.8 Å². The van der Waals surface area contributed by atoms with E-state index in [1.165, 1.54) is 25.3 Å². The Labute approximate surface area is 162 Å². The van der Waals surface area contributed by atoms with E-state index in [-0.39, 0.29) is 27.9 Å². The summed E-state index contributed by atoms with van der Waals surface area (Å²) >= 11 is 0. The number of methoxy groups -OCH3 is 1. The van der Waals surface area contributed by atoms with Crippen LogP contribution in [0.5, 0.6) is 5.75 Å². The summed E-state index contributed by atoms with van der Waals surface area (Å²) in [6.45, 7) is 0. The molecular weight excluding hydrogens is 390 g/mol. The van der Waals surface area contributed by atoms with Crippen molar-refractivity contribution < 1.29 is 26.7 Å². The molecule has 0 unspecified atom stereocenters. The highest BCUT2D eigenvalue weighted by atomic mass is 32.2. The molecule has 150 valence electrons. The smallest absolute Gasteiger partial charge is 0.255 e. The normalized spacial score (nSPS) is 14.8. The molecule has 2 aromatic rings. The first-order chi connectivity index (χ1) is 13.3. The van der Waals surface area contributed by atoms with Crippen LogP contribution < -0.4 is 14.8 Å². The molecule has 0 radical (unpaired) electrons. The molecule has 28 heavy (non-hydrogen) atoms. The Bertz CT molecular complexity index is 969. The van der Waals surface area contributed by atoms with Gasteiger partial charge in [-0.1, -0.05) is 12.8 Å². The SMILES string of the molecule is COc1ccc(C(=O)Nc2cc(F)cc(F)c2)cc1S(=O)(=O)NC1CCCC1.